The normalized spacial score (nSPS) is 19.9. The van der Waals surface area contributed by atoms with Crippen LogP contribution in [0.2, 0.25) is 0 Å². The molecule has 0 spiro atoms. The van der Waals surface area contributed by atoms with Crippen molar-refractivity contribution >= 4 is 23.4 Å². The molecule has 2 aliphatic rings. The van der Waals surface area contributed by atoms with Crippen molar-refractivity contribution in [1.29, 1.82) is 0 Å². The van der Waals surface area contributed by atoms with E-state index in [1.165, 1.54) is 17.9 Å². The lowest BCUT2D eigenvalue weighted by molar-refractivity contribution is -0.157. The van der Waals surface area contributed by atoms with E-state index in [-0.39, 0.29) is 19.0 Å². The molecule has 0 radical (unpaired) electrons. The van der Waals surface area contributed by atoms with Crippen LogP contribution in [-0.2, 0) is 20.9 Å². The van der Waals surface area contributed by atoms with Crippen molar-refractivity contribution in [3.05, 3.63) is 48.2 Å². The number of furan rings is 1. The molecule has 2 fully saturated rings. The van der Waals surface area contributed by atoms with Gasteiger partial charge in [-0.3, -0.25) is 14.5 Å². The number of amides is 2. The Bertz CT molecular complexity index is 922. The van der Waals surface area contributed by atoms with Gasteiger partial charge >= 0.3 is 6.09 Å². The molecule has 0 bridgehead atoms. The molecule has 2 aliphatic heterocycles. The molecule has 0 unspecified atom stereocenters. The quantitative estimate of drug-likeness (QED) is 0.748. The van der Waals surface area contributed by atoms with Crippen molar-refractivity contribution in [3.63, 3.8) is 0 Å². The Morgan fingerprint density at radius 1 is 1.26 bits per heavy atom. The first kappa shape index (κ1) is 21.1. The molecule has 2 amide bonds. The van der Waals surface area contributed by atoms with Crippen LogP contribution in [0.4, 0.5) is 20.6 Å². The van der Waals surface area contributed by atoms with Gasteiger partial charge in [0.05, 0.1) is 43.9 Å². The third-order valence-corrected chi connectivity index (χ3v) is 5.20. The van der Waals surface area contributed by atoms with E-state index in [1.54, 1.807) is 23.5 Å². The summed E-state index contributed by atoms with van der Waals surface area (Å²) < 4.78 is 25.6. The van der Waals surface area contributed by atoms with Gasteiger partial charge in [0.15, 0.2) is 0 Å². The molecule has 2 saturated heterocycles. The molecule has 4 rings (SSSR count). The summed E-state index contributed by atoms with van der Waals surface area (Å²) in [5.74, 6) is 0.183. The number of hydrogen-bond donors (Lipinski definition) is 1. The summed E-state index contributed by atoms with van der Waals surface area (Å²) in [6, 6.07) is 8.42. The van der Waals surface area contributed by atoms with E-state index in [2.05, 4.69) is 5.32 Å². The Hall–Kier alpha value is -3.11. The third kappa shape index (κ3) is 5.15. The number of carbonyl (C=O) groups is 2. The number of rotatable bonds is 6. The highest BCUT2D eigenvalue weighted by Crippen LogP contribution is 2.28. The number of carbonyl (C=O) groups excluding carboxylic acids is 2. The summed E-state index contributed by atoms with van der Waals surface area (Å²) in [7, 11) is 0. The van der Waals surface area contributed by atoms with Gasteiger partial charge in [-0.15, -0.1) is 0 Å². The largest absolute Gasteiger partial charge is 0.468 e. The monoisotopic (exact) mass is 432 g/mol. The van der Waals surface area contributed by atoms with Crippen molar-refractivity contribution in [2.24, 2.45) is 0 Å². The van der Waals surface area contributed by atoms with Gasteiger partial charge in [-0.05, 0) is 30.3 Å². The van der Waals surface area contributed by atoms with Gasteiger partial charge in [0, 0.05) is 26.6 Å². The van der Waals surface area contributed by atoms with Crippen LogP contribution in [0, 0.1) is 5.82 Å². The molecule has 9 nitrogen and oxygen atoms in total. The summed E-state index contributed by atoms with van der Waals surface area (Å²) in [6.07, 6.45) is 0.593. The Morgan fingerprint density at radius 2 is 2.13 bits per heavy atom. The molecular formula is C21H25FN4O5. The van der Waals surface area contributed by atoms with E-state index >= 15 is 0 Å². The average Bonchev–Trinajstić information content (AvgIpc) is 3.31. The van der Waals surface area contributed by atoms with Crippen LogP contribution in [0.15, 0.2) is 41.0 Å². The van der Waals surface area contributed by atoms with E-state index in [0.717, 1.165) is 5.76 Å². The van der Waals surface area contributed by atoms with Crippen molar-refractivity contribution < 1.29 is 28.0 Å². The van der Waals surface area contributed by atoms with Gasteiger partial charge in [0.1, 0.15) is 17.7 Å². The Labute approximate surface area is 179 Å². The second kappa shape index (κ2) is 9.36. The van der Waals surface area contributed by atoms with Crippen LogP contribution in [-0.4, -0.2) is 62.5 Å². The Kier molecular flexibility index (Phi) is 6.38. The fourth-order valence-electron chi connectivity index (χ4n) is 3.65. The smallest absolute Gasteiger partial charge is 0.414 e. The molecule has 1 N–H and O–H groups in total. The first-order valence-electron chi connectivity index (χ1n) is 10.2. The summed E-state index contributed by atoms with van der Waals surface area (Å²) in [6.45, 7) is 4.52. The minimum absolute atomic E-state index is 0.200. The van der Waals surface area contributed by atoms with Gasteiger partial charge in [-0.25, -0.2) is 9.18 Å². The Morgan fingerprint density at radius 3 is 2.87 bits per heavy atom. The summed E-state index contributed by atoms with van der Waals surface area (Å²) in [5.41, 5.74) is 0.872. The second-order valence-electron chi connectivity index (χ2n) is 7.45. The lowest BCUT2D eigenvalue weighted by Crippen LogP contribution is -2.33. The topological polar surface area (TPSA) is 87.5 Å². The minimum atomic E-state index is -0.556. The zero-order valence-electron chi connectivity index (χ0n) is 17.3. The number of cyclic esters (lactones) is 1. The summed E-state index contributed by atoms with van der Waals surface area (Å²) in [4.78, 5) is 32.3. The number of hydroxylamine groups is 2. The molecule has 0 aliphatic carbocycles. The van der Waals surface area contributed by atoms with Crippen molar-refractivity contribution in [3.8, 4) is 0 Å². The molecular weight excluding hydrogens is 407 g/mol. The van der Waals surface area contributed by atoms with Gasteiger partial charge in [0.25, 0.3) is 0 Å². The lowest BCUT2D eigenvalue weighted by Gasteiger charge is -2.24. The van der Waals surface area contributed by atoms with Crippen molar-refractivity contribution in [2.45, 2.75) is 19.6 Å². The predicted octanol–water partition coefficient (Wildman–Crippen LogP) is 2.13. The van der Waals surface area contributed by atoms with Gasteiger partial charge in [-0.1, -0.05) is 0 Å². The third-order valence-electron chi connectivity index (χ3n) is 5.20. The second-order valence-corrected chi connectivity index (χ2v) is 7.45. The highest BCUT2D eigenvalue weighted by molar-refractivity contribution is 5.90. The van der Waals surface area contributed by atoms with E-state index in [9.17, 15) is 14.0 Å². The summed E-state index contributed by atoms with van der Waals surface area (Å²) in [5, 5.41) is 4.43. The van der Waals surface area contributed by atoms with E-state index < -0.39 is 18.0 Å². The minimum Gasteiger partial charge on any atom is -0.468 e. The number of ether oxygens (including phenoxy) is 1. The van der Waals surface area contributed by atoms with Crippen LogP contribution in [0.3, 0.4) is 0 Å². The van der Waals surface area contributed by atoms with Gasteiger partial charge < -0.3 is 19.4 Å². The van der Waals surface area contributed by atoms with E-state index in [4.69, 9.17) is 14.0 Å². The number of halogens is 1. The molecule has 10 heteroatoms. The number of benzene rings is 1. The SMILES string of the molecule is CC(=O)NC[C@H]1CN(c2ccc(N3CCON(Cc4ccco4)CC3)c(F)c2)C(=O)O1. The standard InChI is InChI=1S/C21H25FN4O5/c1-15(27)23-12-18-14-26(21(28)31-18)16-4-5-20(19(22)11-16)24-6-7-25(30-10-8-24)13-17-3-2-9-29-17/h2-5,9,11,18H,6-8,10,12-14H2,1H3,(H,23,27)/t18-/m0/s1. The Balaban J connectivity index is 1.38. The van der Waals surface area contributed by atoms with Crippen LogP contribution in [0.25, 0.3) is 0 Å². The first-order chi connectivity index (χ1) is 15.0. The molecule has 1 aromatic heterocycles. The molecule has 3 heterocycles. The number of nitrogens with zero attached hydrogens (tertiary/aromatic N) is 3. The van der Waals surface area contributed by atoms with Crippen LogP contribution >= 0.6 is 0 Å². The molecule has 166 valence electrons. The number of anilines is 2. The molecule has 1 atom stereocenters. The predicted molar refractivity (Wildman–Crippen MR) is 110 cm³/mol. The van der Waals surface area contributed by atoms with E-state index in [1.807, 2.05) is 17.0 Å². The molecule has 31 heavy (non-hydrogen) atoms. The van der Waals surface area contributed by atoms with Crippen molar-refractivity contribution in [1.82, 2.24) is 10.4 Å². The van der Waals surface area contributed by atoms with Gasteiger partial charge in [-0.2, -0.15) is 5.06 Å². The highest BCUT2D eigenvalue weighted by Gasteiger charge is 2.33. The van der Waals surface area contributed by atoms with Crippen LogP contribution < -0.4 is 15.1 Å². The maximum atomic E-state index is 15.0. The molecule has 0 saturated carbocycles. The van der Waals surface area contributed by atoms with E-state index in [0.29, 0.717) is 44.2 Å². The zero-order valence-corrected chi connectivity index (χ0v) is 17.3. The first-order valence-corrected chi connectivity index (χ1v) is 10.2. The van der Waals surface area contributed by atoms with Gasteiger partial charge in [0.2, 0.25) is 5.91 Å². The fraction of sp³-hybridized carbons (Fsp3) is 0.429. The average molecular weight is 432 g/mol. The van der Waals surface area contributed by atoms with Crippen LogP contribution in [0.5, 0.6) is 0 Å². The zero-order chi connectivity index (χ0) is 21.8. The lowest BCUT2D eigenvalue weighted by atomic mass is 10.2. The van der Waals surface area contributed by atoms with Crippen LogP contribution in [0.1, 0.15) is 12.7 Å². The number of hydrogen-bond acceptors (Lipinski definition) is 7. The molecule has 2 aromatic rings. The number of nitrogens with one attached hydrogen (secondary N) is 1. The molecule has 1 aromatic carbocycles. The highest BCUT2D eigenvalue weighted by atomic mass is 19.1. The maximum Gasteiger partial charge on any atom is 0.414 e. The summed E-state index contributed by atoms with van der Waals surface area (Å²) >= 11 is 0. The maximum absolute atomic E-state index is 15.0. The fourth-order valence-corrected chi connectivity index (χ4v) is 3.65. The van der Waals surface area contributed by atoms with Crippen molar-refractivity contribution in [2.75, 3.05) is 49.1 Å².